The van der Waals surface area contributed by atoms with Crippen molar-refractivity contribution in [2.75, 3.05) is 56.9 Å². The summed E-state index contributed by atoms with van der Waals surface area (Å²) in [5.74, 6) is 4.14. The molecule has 0 aliphatic carbocycles. The summed E-state index contributed by atoms with van der Waals surface area (Å²) in [6, 6.07) is 46.9. The molecule has 0 saturated carbocycles. The third-order valence-corrected chi connectivity index (χ3v) is 22.3. The van der Waals surface area contributed by atoms with E-state index in [1.807, 2.05) is 146 Å². The molecule has 0 spiro atoms. The second kappa shape index (κ2) is 18.3. The van der Waals surface area contributed by atoms with E-state index in [1.165, 1.54) is 0 Å². The van der Waals surface area contributed by atoms with Gasteiger partial charge in [-0.2, -0.15) is 0 Å². The minimum absolute atomic E-state index is 0.678. The highest BCUT2D eigenvalue weighted by molar-refractivity contribution is 7.09. The lowest BCUT2D eigenvalue weighted by Gasteiger charge is -2.45. The Morgan fingerprint density at radius 3 is 0.526 bits per heavy atom. The van der Waals surface area contributed by atoms with E-state index in [1.54, 1.807) is 56.9 Å². The van der Waals surface area contributed by atoms with Crippen molar-refractivity contribution < 1.29 is 45.5 Å². The molecule has 0 unspecified atom stereocenters. The van der Waals surface area contributed by atoms with Crippen molar-refractivity contribution in [3.8, 4) is 34.5 Å². The maximum Gasteiger partial charge on any atom is 0.398 e. The summed E-state index contributed by atoms with van der Waals surface area (Å²) in [5, 5.41) is 4.91. The van der Waals surface area contributed by atoms with Crippen molar-refractivity contribution in [2.24, 2.45) is 0 Å². The van der Waals surface area contributed by atoms with Gasteiger partial charge in [0.2, 0.25) is 0 Å². The molecule has 0 heterocycles. The monoisotopic (exact) mass is 820 g/mol. The van der Waals surface area contributed by atoms with Gasteiger partial charge in [-0.05, 0) is 104 Å². The Labute approximate surface area is 338 Å². The molecule has 10 nitrogen and oxygen atoms in total. The molecule has 0 bridgehead atoms. The van der Waals surface area contributed by atoms with Crippen LogP contribution in [0.2, 0.25) is 0 Å². The van der Waals surface area contributed by atoms with Crippen molar-refractivity contribution in [3.63, 3.8) is 0 Å². The standard InChI is InChI=1S/C44H48O10Si3/c1-45-33-9-21-39(22-10-33)55(51-7,40-23-11-34(46-2)12-24-40)53-57(43-29-17-37(49-5)18-30-43,44-31-19-38(50-6)20-32-44)54-56(52-8,41-25-13-35(47-3)14-26-41)42-27-15-36(48-4)16-28-42/h9-32H,1-8H3. The van der Waals surface area contributed by atoms with Crippen molar-refractivity contribution in [2.45, 2.75) is 0 Å². The van der Waals surface area contributed by atoms with Crippen LogP contribution in [0, 0.1) is 0 Å². The molecule has 0 aliphatic heterocycles. The summed E-state index contributed by atoms with van der Waals surface area (Å²) >= 11 is 0. The molecule has 0 saturated heterocycles. The molecule has 0 atom stereocenters. The smallest absolute Gasteiger partial charge is 0.398 e. The molecule has 57 heavy (non-hydrogen) atoms. The zero-order valence-electron chi connectivity index (χ0n) is 33.4. The van der Waals surface area contributed by atoms with E-state index in [0.29, 0.717) is 34.5 Å². The van der Waals surface area contributed by atoms with Gasteiger partial charge in [0.15, 0.2) is 0 Å². The highest BCUT2D eigenvalue weighted by atomic mass is 28.5. The van der Waals surface area contributed by atoms with Gasteiger partial charge in [-0.15, -0.1) is 0 Å². The van der Waals surface area contributed by atoms with Gasteiger partial charge in [0, 0.05) is 14.2 Å². The minimum Gasteiger partial charge on any atom is -0.497 e. The summed E-state index contributed by atoms with van der Waals surface area (Å²) in [6.07, 6.45) is 0. The number of benzene rings is 6. The van der Waals surface area contributed by atoms with Crippen molar-refractivity contribution in [1.82, 2.24) is 0 Å². The first kappa shape index (κ1) is 41.3. The van der Waals surface area contributed by atoms with E-state index >= 15 is 0 Å². The lowest BCUT2D eigenvalue weighted by Crippen LogP contribution is -2.80. The largest absolute Gasteiger partial charge is 0.497 e. The molecule has 296 valence electrons. The average molecular weight is 821 g/mol. The van der Waals surface area contributed by atoms with Crippen LogP contribution in [0.15, 0.2) is 146 Å². The van der Waals surface area contributed by atoms with Gasteiger partial charge in [0.05, 0.1) is 42.7 Å². The molecule has 0 radical (unpaired) electrons. The zero-order chi connectivity index (χ0) is 40.5. The van der Waals surface area contributed by atoms with Gasteiger partial charge in [-0.3, -0.25) is 0 Å². The molecule has 0 amide bonds. The fraction of sp³-hybridized carbons (Fsp3) is 0.182. The molecule has 0 N–H and O–H groups in total. The second-order valence-corrected chi connectivity index (χ2v) is 22.4. The molecular weight excluding hydrogens is 773 g/mol. The highest BCUT2D eigenvalue weighted by Crippen LogP contribution is 2.27. The maximum atomic E-state index is 8.08. The maximum absolute atomic E-state index is 8.08. The molecule has 0 aromatic heterocycles. The van der Waals surface area contributed by atoms with E-state index in [2.05, 4.69) is 0 Å². The van der Waals surface area contributed by atoms with Crippen molar-refractivity contribution >= 4 is 56.8 Å². The predicted molar refractivity (Wildman–Crippen MR) is 229 cm³/mol. The molecular formula is C44H48O10Si3. The SMILES string of the molecule is COc1ccc([Si](OC)(O[Si](O[Si](OC)(c2ccc(OC)cc2)c2ccc(OC)cc2)(c2ccc(OC)cc2)c2ccc(OC)cc2)c2ccc(OC)cc2)cc1. The lowest BCUT2D eigenvalue weighted by atomic mass is 10.3. The van der Waals surface area contributed by atoms with Crippen LogP contribution in [0.1, 0.15) is 0 Å². The van der Waals surface area contributed by atoms with Crippen LogP contribution in [0.3, 0.4) is 0 Å². The fourth-order valence-electron chi connectivity index (χ4n) is 6.81. The molecule has 0 aliphatic rings. The summed E-state index contributed by atoms with van der Waals surface area (Å²) < 4.78 is 63.6. The van der Waals surface area contributed by atoms with Crippen LogP contribution in [0.4, 0.5) is 0 Å². The average Bonchev–Trinajstić information content (AvgIpc) is 3.30. The number of hydrogen-bond acceptors (Lipinski definition) is 10. The number of hydrogen-bond donors (Lipinski definition) is 0. The molecule has 6 rings (SSSR count). The lowest BCUT2D eigenvalue weighted by molar-refractivity contribution is 0.270. The zero-order valence-corrected chi connectivity index (χ0v) is 36.4. The van der Waals surface area contributed by atoms with Crippen molar-refractivity contribution in [3.05, 3.63) is 146 Å². The second-order valence-electron chi connectivity index (χ2n) is 12.8. The summed E-state index contributed by atoms with van der Waals surface area (Å²) in [4.78, 5) is 0. The Morgan fingerprint density at radius 2 is 0.386 bits per heavy atom. The third kappa shape index (κ3) is 8.22. The van der Waals surface area contributed by atoms with Crippen LogP contribution in [-0.4, -0.2) is 82.6 Å². The first-order valence-electron chi connectivity index (χ1n) is 18.1. The van der Waals surface area contributed by atoms with E-state index < -0.39 is 25.7 Å². The van der Waals surface area contributed by atoms with Crippen LogP contribution in [0.5, 0.6) is 34.5 Å². The van der Waals surface area contributed by atoms with E-state index in [4.69, 9.17) is 45.5 Å². The number of ether oxygens (including phenoxy) is 6. The molecule has 6 aromatic carbocycles. The first-order valence-corrected chi connectivity index (χ1v) is 23.6. The van der Waals surface area contributed by atoms with Gasteiger partial charge in [0.25, 0.3) is 0 Å². The summed E-state index contributed by atoms with van der Waals surface area (Å²) in [6.45, 7) is 0. The van der Waals surface area contributed by atoms with Crippen molar-refractivity contribution in [1.29, 1.82) is 0 Å². The van der Waals surface area contributed by atoms with E-state index in [9.17, 15) is 0 Å². The Kier molecular flexibility index (Phi) is 13.2. The number of methoxy groups -OCH3 is 6. The minimum atomic E-state index is -4.11. The first-order chi connectivity index (χ1) is 27.8. The number of rotatable bonds is 18. The Morgan fingerprint density at radius 1 is 0.228 bits per heavy atom. The van der Waals surface area contributed by atoms with Gasteiger partial charge >= 0.3 is 25.7 Å². The van der Waals surface area contributed by atoms with Crippen LogP contribution in [-0.2, 0) is 17.1 Å². The normalized spacial score (nSPS) is 11.8. The van der Waals surface area contributed by atoms with E-state index in [0.717, 1.165) is 31.1 Å². The van der Waals surface area contributed by atoms with Crippen LogP contribution < -0.4 is 59.5 Å². The molecule has 13 heteroatoms. The van der Waals surface area contributed by atoms with Gasteiger partial charge in [0.1, 0.15) is 34.5 Å². The summed E-state index contributed by atoms with van der Waals surface area (Å²) in [7, 11) is 1.53. The Hall–Kier alpha value is -5.39. The molecule has 6 aromatic rings. The van der Waals surface area contributed by atoms with Crippen LogP contribution in [0.25, 0.3) is 0 Å². The Balaban J connectivity index is 1.74. The predicted octanol–water partition coefficient (Wildman–Crippen LogP) is 4.13. The van der Waals surface area contributed by atoms with Crippen LogP contribution >= 0.6 is 0 Å². The van der Waals surface area contributed by atoms with E-state index in [-0.39, 0.29) is 0 Å². The highest BCUT2D eigenvalue weighted by Gasteiger charge is 2.59. The third-order valence-electron chi connectivity index (χ3n) is 9.97. The Bertz CT molecular complexity index is 1910. The van der Waals surface area contributed by atoms with Gasteiger partial charge in [-0.25, -0.2) is 0 Å². The summed E-state index contributed by atoms with van der Waals surface area (Å²) in [5.41, 5.74) is 0. The molecule has 0 fully saturated rings. The fourth-order valence-corrected chi connectivity index (χ4v) is 20.6. The topological polar surface area (TPSA) is 92.3 Å². The quantitative estimate of drug-likeness (QED) is 0.118. The van der Waals surface area contributed by atoms with Gasteiger partial charge in [-0.1, -0.05) is 72.8 Å². The van der Waals surface area contributed by atoms with Gasteiger partial charge < -0.3 is 45.5 Å².